The molecule has 1 aromatic heterocycles. The van der Waals surface area contributed by atoms with Crippen LogP contribution in [0.5, 0.6) is 0 Å². The van der Waals surface area contributed by atoms with E-state index >= 15 is 0 Å². The predicted octanol–water partition coefficient (Wildman–Crippen LogP) is -0.358. The van der Waals surface area contributed by atoms with E-state index in [-0.39, 0.29) is 53.5 Å². The van der Waals surface area contributed by atoms with Gasteiger partial charge < -0.3 is 25.4 Å². The SMILES string of the molecule is Cc1ccccc1CNC(=O)c1nn(-c2ccc(F)cc2)c(/C=C/[C@@H](O)C[C@@H](O)CC(=O)[O-])c1C(C)C.[Na+]. The van der Waals surface area contributed by atoms with Gasteiger partial charge in [0.05, 0.1) is 23.6 Å². The number of amides is 1. The summed E-state index contributed by atoms with van der Waals surface area (Å²) < 4.78 is 15.1. The fraction of sp³-hybridized carbons (Fsp3) is 0.321. The number of aliphatic hydroxyl groups excluding tert-OH is 2. The van der Waals surface area contributed by atoms with Crippen molar-refractivity contribution in [1.82, 2.24) is 15.1 Å². The number of benzene rings is 2. The molecule has 0 aliphatic heterocycles. The number of aliphatic hydroxyl groups is 2. The average Bonchev–Trinajstić information content (AvgIpc) is 3.22. The summed E-state index contributed by atoms with van der Waals surface area (Å²) in [5, 5.41) is 38.3. The smallest absolute Gasteiger partial charge is 0.550 e. The van der Waals surface area contributed by atoms with Crippen molar-refractivity contribution in [2.45, 2.75) is 58.3 Å². The molecule has 3 aromatic rings. The van der Waals surface area contributed by atoms with E-state index in [1.807, 2.05) is 45.0 Å². The molecule has 196 valence electrons. The van der Waals surface area contributed by atoms with Gasteiger partial charge in [-0.05, 0) is 54.3 Å². The zero-order valence-corrected chi connectivity index (χ0v) is 24.0. The number of aromatic nitrogens is 2. The number of halogens is 1. The molecule has 1 heterocycles. The minimum Gasteiger partial charge on any atom is -0.550 e. The second kappa shape index (κ2) is 14.4. The van der Waals surface area contributed by atoms with Crippen LogP contribution in [0, 0.1) is 12.7 Å². The molecule has 0 aliphatic rings. The van der Waals surface area contributed by atoms with Gasteiger partial charge in [-0.3, -0.25) is 4.79 Å². The zero-order chi connectivity index (χ0) is 27.1. The van der Waals surface area contributed by atoms with Gasteiger partial charge in [0.2, 0.25) is 0 Å². The molecule has 0 radical (unpaired) electrons. The maximum atomic E-state index is 13.6. The summed E-state index contributed by atoms with van der Waals surface area (Å²) in [6.45, 7) is 6.08. The third kappa shape index (κ3) is 8.34. The Balaban J connectivity index is 0.00000507. The minimum atomic E-state index is -1.42. The van der Waals surface area contributed by atoms with Gasteiger partial charge in [-0.25, -0.2) is 9.07 Å². The van der Waals surface area contributed by atoms with Crippen LogP contribution < -0.4 is 40.0 Å². The van der Waals surface area contributed by atoms with Crippen LogP contribution in [0.4, 0.5) is 4.39 Å². The molecule has 3 rings (SSSR count). The number of nitrogens with one attached hydrogen (secondary N) is 1. The molecule has 2 atom stereocenters. The Morgan fingerprint density at radius 2 is 1.79 bits per heavy atom. The number of aliphatic carboxylic acids is 1. The standard InChI is InChI=1S/C28H32FN3O5.Na/c1-17(2)26-24(13-12-22(33)14-23(34)15-25(35)36)32(21-10-8-20(29)9-11-21)31-27(26)28(37)30-16-19-7-5-4-6-18(19)3;/h4-13,17,22-23,33-34H,14-16H2,1-3H3,(H,30,37)(H,35,36);/q;+1/p-1/b13-12+;/t22-,23-;/m1./s1. The molecule has 0 saturated heterocycles. The maximum absolute atomic E-state index is 13.6. The van der Waals surface area contributed by atoms with Crippen molar-refractivity contribution < 1.29 is 58.9 Å². The van der Waals surface area contributed by atoms with Crippen molar-refractivity contribution >= 4 is 18.0 Å². The van der Waals surface area contributed by atoms with Gasteiger partial charge in [-0.1, -0.05) is 44.2 Å². The van der Waals surface area contributed by atoms with Crippen LogP contribution in [0.3, 0.4) is 0 Å². The maximum Gasteiger partial charge on any atom is 1.00 e. The van der Waals surface area contributed by atoms with E-state index in [1.165, 1.54) is 35.0 Å². The Bertz CT molecular complexity index is 1270. The third-order valence-electron chi connectivity index (χ3n) is 5.92. The first-order valence-corrected chi connectivity index (χ1v) is 12.0. The first kappa shape index (κ1) is 31.4. The van der Waals surface area contributed by atoms with Crippen molar-refractivity contribution in [2.24, 2.45) is 0 Å². The number of carbonyl (C=O) groups is 2. The van der Waals surface area contributed by atoms with Gasteiger partial charge in [0.15, 0.2) is 5.69 Å². The topological polar surface area (TPSA) is 128 Å². The van der Waals surface area contributed by atoms with Crippen LogP contribution in [0.25, 0.3) is 11.8 Å². The quantitative estimate of drug-likeness (QED) is 0.290. The molecule has 0 bridgehead atoms. The molecule has 8 nitrogen and oxygen atoms in total. The molecule has 0 unspecified atom stereocenters. The Hall–Kier alpha value is -2.82. The minimum absolute atomic E-state index is 0. The molecule has 38 heavy (non-hydrogen) atoms. The van der Waals surface area contributed by atoms with Crippen molar-refractivity contribution in [3.63, 3.8) is 0 Å². The van der Waals surface area contributed by atoms with Crippen LogP contribution in [0.15, 0.2) is 54.6 Å². The van der Waals surface area contributed by atoms with Crippen LogP contribution in [0.1, 0.15) is 65.5 Å². The van der Waals surface area contributed by atoms with Crippen molar-refractivity contribution in [3.8, 4) is 5.69 Å². The molecular formula is C28H31FN3NaO5. The molecular weight excluding hydrogens is 500 g/mol. The van der Waals surface area contributed by atoms with Crippen LogP contribution in [-0.4, -0.2) is 44.1 Å². The largest absolute Gasteiger partial charge is 1.00 e. The van der Waals surface area contributed by atoms with Crippen LogP contribution in [0.2, 0.25) is 0 Å². The van der Waals surface area contributed by atoms with Crippen LogP contribution in [-0.2, 0) is 11.3 Å². The Morgan fingerprint density at radius 1 is 1.13 bits per heavy atom. The molecule has 3 N–H and O–H groups in total. The van der Waals surface area contributed by atoms with Crippen molar-refractivity contribution in [1.29, 1.82) is 0 Å². The van der Waals surface area contributed by atoms with E-state index in [0.717, 1.165) is 11.1 Å². The van der Waals surface area contributed by atoms with Gasteiger partial charge in [-0.2, -0.15) is 5.10 Å². The summed E-state index contributed by atoms with van der Waals surface area (Å²) in [5.74, 6) is -2.37. The summed E-state index contributed by atoms with van der Waals surface area (Å²) >= 11 is 0. The van der Waals surface area contributed by atoms with Gasteiger partial charge in [-0.15, -0.1) is 0 Å². The summed E-state index contributed by atoms with van der Waals surface area (Å²) in [5.41, 5.74) is 3.83. The summed E-state index contributed by atoms with van der Waals surface area (Å²) in [4.78, 5) is 24.0. The van der Waals surface area contributed by atoms with Gasteiger partial charge in [0.1, 0.15) is 5.82 Å². The number of hydrogen-bond donors (Lipinski definition) is 3. The van der Waals surface area contributed by atoms with Gasteiger partial charge in [0.25, 0.3) is 5.91 Å². The normalized spacial score (nSPS) is 12.8. The zero-order valence-electron chi connectivity index (χ0n) is 22.0. The number of hydrogen-bond acceptors (Lipinski definition) is 6. The molecule has 1 amide bonds. The first-order chi connectivity index (χ1) is 17.6. The number of carboxylic acid groups (broad SMARTS) is 1. The number of rotatable bonds is 11. The van der Waals surface area contributed by atoms with Crippen LogP contribution >= 0.6 is 0 Å². The predicted molar refractivity (Wildman–Crippen MR) is 135 cm³/mol. The third-order valence-corrected chi connectivity index (χ3v) is 5.92. The Kier molecular flexibility index (Phi) is 11.9. The fourth-order valence-electron chi connectivity index (χ4n) is 4.02. The van der Waals surface area contributed by atoms with E-state index in [0.29, 0.717) is 23.5 Å². The molecule has 10 heteroatoms. The number of carbonyl (C=O) groups excluding carboxylic acids is 2. The number of carboxylic acids is 1. The van der Waals surface area contributed by atoms with Crippen molar-refractivity contribution in [2.75, 3.05) is 0 Å². The first-order valence-electron chi connectivity index (χ1n) is 12.0. The van der Waals surface area contributed by atoms with Gasteiger partial charge >= 0.3 is 29.6 Å². The van der Waals surface area contributed by atoms with E-state index in [4.69, 9.17) is 0 Å². The molecule has 0 saturated carbocycles. The summed E-state index contributed by atoms with van der Waals surface area (Å²) in [6.07, 6.45) is -0.281. The average molecular weight is 532 g/mol. The van der Waals surface area contributed by atoms with Crippen molar-refractivity contribution in [3.05, 3.63) is 88.5 Å². The molecule has 0 spiro atoms. The second-order valence-corrected chi connectivity index (χ2v) is 9.19. The van der Waals surface area contributed by atoms with E-state index in [1.54, 1.807) is 6.08 Å². The number of nitrogens with zero attached hydrogens (tertiary/aromatic N) is 2. The van der Waals surface area contributed by atoms with E-state index < -0.39 is 30.4 Å². The monoisotopic (exact) mass is 531 g/mol. The van der Waals surface area contributed by atoms with E-state index in [2.05, 4.69) is 10.4 Å². The second-order valence-electron chi connectivity index (χ2n) is 9.19. The van der Waals surface area contributed by atoms with E-state index in [9.17, 15) is 29.3 Å². The molecule has 2 aromatic carbocycles. The number of aryl methyl sites for hydroxylation is 1. The Morgan fingerprint density at radius 3 is 2.39 bits per heavy atom. The molecule has 0 aliphatic carbocycles. The summed E-state index contributed by atoms with van der Waals surface area (Å²) in [7, 11) is 0. The fourth-order valence-corrected chi connectivity index (χ4v) is 4.02. The molecule has 0 fully saturated rings. The van der Waals surface area contributed by atoms with Gasteiger partial charge in [0, 0.05) is 30.9 Å². The summed E-state index contributed by atoms with van der Waals surface area (Å²) in [6, 6.07) is 13.3. The Labute approximate surface area is 243 Å².